The molecule has 1 aliphatic carbocycles. The first-order chi connectivity index (χ1) is 16.4. The van der Waals surface area contributed by atoms with Crippen LogP contribution in [-0.2, 0) is 0 Å². The van der Waals surface area contributed by atoms with Gasteiger partial charge < -0.3 is 15.5 Å². The molecular formula is C26H32N4O4. The minimum absolute atomic E-state index is 0.0709. The van der Waals surface area contributed by atoms with Gasteiger partial charge in [0.1, 0.15) is 0 Å². The van der Waals surface area contributed by atoms with Crippen molar-refractivity contribution in [3.8, 4) is 0 Å². The summed E-state index contributed by atoms with van der Waals surface area (Å²) in [6.07, 6.45) is 7.65. The van der Waals surface area contributed by atoms with Crippen molar-refractivity contribution in [1.29, 1.82) is 0 Å². The van der Waals surface area contributed by atoms with Crippen LogP contribution >= 0.6 is 0 Å². The molecule has 1 heterocycles. The van der Waals surface area contributed by atoms with Crippen LogP contribution in [0.1, 0.15) is 72.6 Å². The molecule has 0 unspecified atom stereocenters. The number of nitro groups is 1. The number of carbonyl (C=O) groups is 2. The minimum atomic E-state index is -0.501. The normalized spacial score (nSPS) is 17.3. The van der Waals surface area contributed by atoms with Gasteiger partial charge in [0.25, 0.3) is 17.5 Å². The summed E-state index contributed by atoms with van der Waals surface area (Å²) in [5.41, 5.74) is 2.23. The second-order valence-electron chi connectivity index (χ2n) is 9.47. The zero-order chi connectivity index (χ0) is 24.1. The predicted molar refractivity (Wildman–Crippen MR) is 132 cm³/mol. The molecule has 2 aliphatic rings. The van der Waals surface area contributed by atoms with Gasteiger partial charge in [-0.3, -0.25) is 19.7 Å². The first-order valence-corrected chi connectivity index (χ1v) is 12.2. The fraction of sp³-hybridized carbons (Fsp3) is 0.462. The molecule has 2 amide bonds. The van der Waals surface area contributed by atoms with Gasteiger partial charge in [0.15, 0.2) is 0 Å². The molecule has 2 aromatic carbocycles. The molecule has 180 valence electrons. The van der Waals surface area contributed by atoms with E-state index in [9.17, 15) is 19.7 Å². The molecule has 1 saturated carbocycles. The number of nitro benzene ring substituents is 1. The van der Waals surface area contributed by atoms with E-state index >= 15 is 0 Å². The summed E-state index contributed by atoms with van der Waals surface area (Å²) in [7, 11) is 0. The zero-order valence-electron chi connectivity index (χ0n) is 19.6. The summed E-state index contributed by atoms with van der Waals surface area (Å²) in [5, 5.41) is 16.9. The van der Waals surface area contributed by atoms with Gasteiger partial charge in [0, 0.05) is 48.2 Å². The molecular weight excluding hydrogens is 432 g/mol. The minimum Gasteiger partial charge on any atom is -0.371 e. The van der Waals surface area contributed by atoms with Crippen molar-refractivity contribution in [1.82, 2.24) is 5.32 Å². The molecule has 0 bridgehead atoms. The highest BCUT2D eigenvalue weighted by Crippen LogP contribution is 2.29. The number of carbonyl (C=O) groups excluding carboxylic acids is 2. The highest BCUT2D eigenvalue weighted by Gasteiger charge is 2.24. The van der Waals surface area contributed by atoms with E-state index in [1.165, 1.54) is 30.7 Å². The lowest BCUT2D eigenvalue weighted by Gasteiger charge is -2.34. The number of hydrogen-bond donors (Lipinski definition) is 2. The quantitative estimate of drug-likeness (QED) is 0.455. The van der Waals surface area contributed by atoms with Gasteiger partial charge in [0.2, 0.25) is 0 Å². The van der Waals surface area contributed by atoms with Crippen LogP contribution in [0.5, 0.6) is 0 Å². The SMILES string of the molecule is CC1CCN(c2ccc(NC(=O)c3ccc([N+](=O)[O-])cc3)cc2C(=O)NC2CCCCC2)CC1. The second-order valence-corrected chi connectivity index (χ2v) is 9.47. The fourth-order valence-electron chi connectivity index (χ4n) is 4.77. The van der Waals surface area contributed by atoms with Crippen LogP contribution in [-0.4, -0.2) is 35.9 Å². The van der Waals surface area contributed by atoms with E-state index in [1.807, 2.05) is 12.1 Å². The van der Waals surface area contributed by atoms with E-state index in [4.69, 9.17) is 0 Å². The Balaban J connectivity index is 1.55. The topological polar surface area (TPSA) is 105 Å². The van der Waals surface area contributed by atoms with E-state index in [-0.39, 0.29) is 23.5 Å². The summed E-state index contributed by atoms with van der Waals surface area (Å²) in [4.78, 5) is 38.7. The standard InChI is InChI=1S/C26H32N4O4/c1-18-13-15-29(16-14-18)24-12-9-21(17-23(24)26(32)27-20-5-3-2-4-6-20)28-25(31)19-7-10-22(11-8-19)30(33)34/h7-12,17-18,20H,2-6,13-16H2,1H3,(H,27,32)(H,28,31). The van der Waals surface area contributed by atoms with E-state index in [0.29, 0.717) is 22.7 Å². The molecule has 0 radical (unpaired) electrons. The Labute approximate surface area is 199 Å². The van der Waals surface area contributed by atoms with Crippen LogP contribution < -0.4 is 15.5 Å². The lowest BCUT2D eigenvalue weighted by Crippen LogP contribution is -2.38. The summed E-state index contributed by atoms with van der Waals surface area (Å²) in [5.74, 6) is 0.191. The Morgan fingerprint density at radius 3 is 2.26 bits per heavy atom. The number of piperidine rings is 1. The molecule has 2 fully saturated rings. The largest absolute Gasteiger partial charge is 0.371 e. The molecule has 2 aromatic rings. The van der Waals surface area contributed by atoms with Gasteiger partial charge in [-0.1, -0.05) is 26.2 Å². The predicted octanol–water partition coefficient (Wildman–Crippen LogP) is 5.15. The highest BCUT2D eigenvalue weighted by molar-refractivity contribution is 6.06. The van der Waals surface area contributed by atoms with E-state index in [2.05, 4.69) is 22.5 Å². The summed E-state index contributed by atoms with van der Waals surface area (Å²) in [6.45, 7) is 4.06. The van der Waals surface area contributed by atoms with Gasteiger partial charge >= 0.3 is 0 Å². The van der Waals surface area contributed by atoms with Gasteiger partial charge in [0.05, 0.1) is 10.5 Å². The number of anilines is 2. The maximum Gasteiger partial charge on any atom is 0.269 e. The number of rotatable bonds is 6. The van der Waals surface area contributed by atoms with Gasteiger partial charge in [-0.25, -0.2) is 0 Å². The van der Waals surface area contributed by atoms with Crippen LogP contribution in [0.2, 0.25) is 0 Å². The average molecular weight is 465 g/mol. The van der Waals surface area contributed by atoms with Crippen LogP contribution in [0, 0.1) is 16.0 Å². The molecule has 1 saturated heterocycles. The third-order valence-electron chi connectivity index (χ3n) is 6.90. The van der Waals surface area contributed by atoms with Crippen molar-refractivity contribution in [3.63, 3.8) is 0 Å². The van der Waals surface area contributed by atoms with Crippen molar-refractivity contribution in [3.05, 3.63) is 63.7 Å². The fourth-order valence-corrected chi connectivity index (χ4v) is 4.77. The molecule has 0 aromatic heterocycles. The van der Waals surface area contributed by atoms with Crippen molar-refractivity contribution in [2.24, 2.45) is 5.92 Å². The molecule has 8 nitrogen and oxygen atoms in total. The number of nitrogens with one attached hydrogen (secondary N) is 2. The first-order valence-electron chi connectivity index (χ1n) is 12.2. The Morgan fingerprint density at radius 1 is 0.941 bits per heavy atom. The lowest BCUT2D eigenvalue weighted by atomic mass is 9.95. The molecule has 8 heteroatoms. The Bertz CT molecular complexity index is 1040. The maximum absolute atomic E-state index is 13.3. The molecule has 1 aliphatic heterocycles. The molecule has 0 atom stereocenters. The van der Waals surface area contributed by atoms with Gasteiger partial charge in [-0.2, -0.15) is 0 Å². The zero-order valence-corrected chi connectivity index (χ0v) is 19.6. The molecule has 34 heavy (non-hydrogen) atoms. The van der Waals surface area contributed by atoms with Crippen molar-refractivity contribution >= 4 is 28.9 Å². The highest BCUT2D eigenvalue weighted by atomic mass is 16.6. The summed E-state index contributed by atoms with van der Waals surface area (Å²) in [6, 6.07) is 11.1. The maximum atomic E-state index is 13.3. The van der Waals surface area contributed by atoms with Crippen molar-refractivity contribution < 1.29 is 14.5 Å². The average Bonchev–Trinajstić information content (AvgIpc) is 2.85. The van der Waals surface area contributed by atoms with Crippen molar-refractivity contribution in [2.45, 2.75) is 57.9 Å². The van der Waals surface area contributed by atoms with E-state index < -0.39 is 4.92 Å². The Hall–Kier alpha value is -3.42. The van der Waals surface area contributed by atoms with E-state index in [1.54, 1.807) is 6.07 Å². The van der Waals surface area contributed by atoms with E-state index in [0.717, 1.165) is 57.3 Å². The number of hydrogen-bond acceptors (Lipinski definition) is 5. The second kappa shape index (κ2) is 10.7. The van der Waals surface area contributed by atoms with Crippen LogP contribution in [0.15, 0.2) is 42.5 Å². The monoisotopic (exact) mass is 464 g/mol. The third-order valence-corrected chi connectivity index (χ3v) is 6.90. The van der Waals surface area contributed by atoms with Crippen LogP contribution in [0.3, 0.4) is 0 Å². The van der Waals surface area contributed by atoms with Gasteiger partial charge in [-0.15, -0.1) is 0 Å². The number of nitrogens with zero attached hydrogens (tertiary/aromatic N) is 2. The van der Waals surface area contributed by atoms with Gasteiger partial charge in [-0.05, 0) is 61.9 Å². The summed E-state index contributed by atoms with van der Waals surface area (Å²) < 4.78 is 0. The first kappa shape index (κ1) is 23.7. The smallest absolute Gasteiger partial charge is 0.269 e. The molecule has 0 spiro atoms. The molecule has 2 N–H and O–H groups in total. The summed E-state index contributed by atoms with van der Waals surface area (Å²) >= 11 is 0. The van der Waals surface area contributed by atoms with Crippen LogP contribution in [0.4, 0.5) is 17.1 Å². The Kier molecular flexibility index (Phi) is 7.45. The third kappa shape index (κ3) is 5.73. The number of amides is 2. The number of non-ortho nitro benzene ring substituents is 1. The van der Waals surface area contributed by atoms with Crippen LogP contribution in [0.25, 0.3) is 0 Å². The lowest BCUT2D eigenvalue weighted by molar-refractivity contribution is -0.384. The van der Waals surface area contributed by atoms with Crippen molar-refractivity contribution in [2.75, 3.05) is 23.3 Å². The molecule has 4 rings (SSSR count). The Morgan fingerprint density at radius 2 is 1.62 bits per heavy atom. The number of benzene rings is 2.